The molecule has 0 bridgehead atoms. The Balaban J connectivity index is 3.10. The summed E-state index contributed by atoms with van der Waals surface area (Å²) in [4.78, 5) is 0. The minimum Gasteiger partial charge on any atom is -0.508 e. The summed E-state index contributed by atoms with van der Waals surface area (Å²) in [6, 6.07) is 3.80. The van der Waals surface area contributed by atoms with Gasteiger partial charge in [-0.3, -0.25) is 0 Å². The molecule has 0 saturated heterocycles. The summed E-state index contributed by atoms with van der Waals surface area (Å²) >= 11 is 0. The standard InChI is InChI=1S/C15H20O/c1-4-6-8-13-10-11-15(16)12(3)14(13)9-7-5-2/h4-7,10-11,16H,8-9H2,1-3H3. The van der Waals surface area contributed by atoms with E-state index in [4.69, 9.17) is 0 Å². The Labute approximate surface area is 98.1 Å². The third-order valence-electron chi connectivity index (χ3n) is 2.80. The lowest BCUT2D eigenvalue weighted by Crippen LogP contribution is -1.96. The Morgan fingerprint density at radius 3 is 2.31 bits per heavy atom. The second kappa shape index (κ2) is 6.16. The van der Waals surface area contributed by atoms with Gasteiger partial charge in [0.15, 0.2) is 0 Å². The molecule has 1 N–H and O–H groups in total. The second-order valence-electron chi connectivity index (χ2n) is 3.89. The maximum absolute atomic E-state index is 9.71. The molecule has 1 heteroatoms. The summed E-state index contributed by atoms with van der Waals surface area (Å²) in [7, 11) is 0. The van der Waals surface area contributed by atoms with Crippen molar-refractivity contribution < 1.29 is 5.11 Å². The number of allylic oxidation sites excluding steroid dienone is 4. The first-order valence-corrected chi connectivity index (χ1v) is 5.73. The van der Waals surface area contributed by atoms with E-state index in [2.05, 4.69) is 18.2 Å². The Morgan fingerprint density at radius 2 is 1.69 bits per heavy atom. The highest BCUT2D eigenvalue weighted by Crippen LogP contribution is 2.25. The van der Waals surface area contributed by atoms with Gasteiger partial charge in [0.1, 0.15) is 5.75 Å². The monoisotopic (exact) mass is 216 g/mol. The Hall–Kier alpha value is -1.50. The van der Waals surface area contributed by atoms with Gasteiger partial charge in [-0.2, -0.15) is 0 Å². The zero-order chi connectivity index (χ0) is 12.0. The fourth-order valence-electron chi connectivity index (χ4n) is 1.76. The first kappa shape index (κ1) is 12.6. The Kier molecular flexibility index (Phi) is 4.84. The van der Waals surface area contributed by atoms with E-state index in [1.807, 2.05) is 32.9 Å². The van der Waals surface area contributed by atoms with Crippen molar-refractivity contribution in [3.8, 4) is 5.75 Å². The summed E-state index contributed by atoms with van der Waals surface area (Å²) in [6.07, 6.45) is 10.2. The maximum Gasteiger partial charge on any atom is 0.118 e. The summed E-state index contributed by atoms with van der Waals surface area (Å²) in [5.74, 6) is 0.392. The third-order valence-corrected chi connectivity index (χ3v) is 2.80. The van der Waals surface area contributed by atoms with Crippen LogP contribution in [0.1, 0.15) is 30.5 Å². The zero-order valence-electron chi connectivity index (χ0n) is 10.3. The molecule has 0 aliphatic rings. The first-order valence-electron chi connectivity index (χ1n) is 5.73. The molecule has 1 nitrogen and oxygen atoms in total. The summed E-state index contributed by atoms with van der Waals surface area (Å²) in [6.45, 7) is 6.02. The summed E-state index contributed by atoms with van der Waals surface area (Å²) in [5, 5.41) is 9.71. The van der Waals surface area contributed by atoms with E-state index in [1.54, 1.807) is 6.07 Å². The van der Waals surface area contributed by atoms with E-state index in [1.165, 1.54) is 11.1 Å². The van der Waals surface area contributed by atoms with E-state index < -0.39 is 0 Å². The number of hydrogen-bond donors (Lipinski definition) is 1. The molecule has 1 rings (SSSR count). The Morgan fingerprint density at radius 1 is 1.06 bits per heavy atom. The van der Waals surface area contributed by atoms with Crippen molar-refractivity contribution in [2.24, 2.45) is 0 Å². The van der Waals surface area contributed by atoms with Crippen LogP contribution in [0.25, 0.3) is 0 Å². The van der Waals surface area contributed by atoms with Gasteiger partial charge in [0.05, 0.1) is 0 Å². The van der Waals surface area contributed by atoms with Crippen LogP contribution < -0.4 is 0 Å². The smallest absolute Gasteiger partial charge is 0.118 e. The molecule has 0 heterocycles. The zero-order valence-corrected chi connectivity index (χ0v) is 10.3. The minimum absolute atomic E-state index is 0.392. The fraction of sp³-hybridized carbons (Fsp3) is 0.333. The van der Waals surface area contributed by atoms with Gasteiger partial charge in [0.2, 0.25) is 0 Å². The van der Waals surface area contributed by atoms with Gasteiger partial charge in [-0.25, -0.2) is 0 Å². The Bertz CT molecular complexity index is 400. The molecule has 1 aromatic rings. The lowest BCUT2D eigenvalue weighted by molar-refractivity contribution is 0.470. The van der Waals surface area contributed by atoms with Gasteiger partial charge in [0, 0.05) is 0 Å². The highest BCUT2D eigenvalue weighted by atomic mass is 16.3. The molecule has 1 aromatic carbocycles. The van der Waals surface area contributed by atoms with Crippen LogP contribution in [0.3, 0.4) is 0 Å². The van der Waals surface area contributed by atoms with Crippen LogP contribution in [0, 0.1) is 6.92 Å². The van der Waals surface area contributed by atoms with Crippen molar-refractivity contribution in [3.05, 3.63) is 53.1 Å². The number of rotatable bonds is 4. The van der Waals surface area contributed by atoms with E-state index in [9.17, 15) is 5.11 Å². The SMILES string of the molecule is CC=CCc1ccc(O)c(C)c1CC=CC. The van der Waals surface area contributed by atoms with Crippen molar-refractivity contribution in [2.75, 3.05) is 0 Å². The van der Waals surface area contributed by atoms with Gasteiger partial charge in [-0.15, -0.1) is 0 Å². The molecule has 0 aliphatic carbocycles. The molecule has 0 amide bonds. The van der Waals surface area contributed by atoms with Crippen molar-refractivity contribution >= 4 is 0 Å². The molecule has 0 aromatic heterocycles. The van der Waals surface area contributed by atoms with Crippen LogP contribution in [0.15, 0.2) is 36.4 Å². The van der Waals surface area contributed by atoms with Gasteiger partial charge in [-0.05, 0) is 56.4 Å². The average Bonchev–Trinajstić information content (AvgIpc) is 2.29. The third kappa shape index (κ3) is 2.99. The lowest BCUT2D eigenvalue weighted by atomic mass is 9.96. The van der Waals surface area contributed by atoms with Gasteiger partial charge < -0.3 is 5.11 Å². The minimum atomic E-state index is 0.392. The fourth-order valence-corrected chi connectivity index (χ4v) is 1.76. The van der Waals surface area contributed by atoms with E-state index in [0.29, 0.717) is 5.75 Å². The molecule has 0 spiro atoms. The molecule has 0 aliphatic heterocycles. The molecule has 0 radical (unpaired) electrons. The number of phenolic OH excluding ortho intramolecular Hbond substituents is 1. The average molecular weight is 216 g/mol. The lowest BCUT2D eigenvalue weighted by Gasteiger charge is -2.11. The van der Waals surface area contributed by atoms with Crippen LogP contribution in [-0.4, -0.2) is 5.11 Å². The first-order chi connectivity index (χ1) is 7.70. The van der Waals surface area contributed by atoms with Crippen LogP contribution >= 0.6 is 0 Å². The van der Waals surface area contributed by atoms with Crippen molar-refractivity contribution in [3.63, 3.8) is 0 Å². The summed E-state index contributed by atoms with van der Waals surface area (Å²) < 4.78 is 0. The van der Waals surface area contributed by atoms with Crippen LogP contribution in [-0.2, 0) is 12.8 Å². The largest absolute Gasteiger partial charge is 0.508 e. The highest BCUT2D eigenvalue weighted by Gasteiger charge is 2.07. The number of phenols is 1. The van der Waals surface area contributed by atoms with Crippen LogP contribution in [0.4, 0.5) is 0 Å². The van der Waals surface area contributed by atoms with Gasteiger partial charge in [-0.1, -0.05) is 30.4 Å². The number of hydrogen-bond acceptors (Lipinski definition) is 1. The molecule has 0 atom stereocenters. The van der Waals surface area contributed by atoms with E-state index in [-0.39, 0.29) is 0 Å². The van der Waals surface area contributed by atoms with Crippen LogP contribution in [0.5, 0.6) is 5.75 Å². The maximum atomic E-state index is 9.71. The molecular weight excluding hydrogens is 196 g/mol. The quantitative estimate of drug-likeness (QED) is 0.756. The molecule has 0 unspecified atom stereocenters. The van der Waals surface area contributed by atoms with Gasteiger partial charge in [0.25, 0.3) is 0 Å². The predicted octanol–water partition coefficient (Wildman–Crippen LogP) is 3.94. The molecule has 0 fully saturated rings. The van der Waals surface area contributed by atoms with E-state index in [0.717, 1.165) is 18.4 Å². The van der Waals surface area contributed by atoms with Crippen molar-refractivity contribution in [1.29, 1.82) is 0 Å². The van der Waals surface area contributed by atoms with Crippen molar-refractivity contribution in [2.45, 2.75) is 33.6 Å². The number of benzene rings is 1. The number of aromatic hydroxyl groups is 1. The molecule has 86 valence electrons. The summed E-state index contributed by atoms with van der Waals surface area (Å²) in [5.41, 5.74) is 3.54. The topological polar surface area (TPSA) is 20.2 Å². The molecule has 0 saturated carbocycles. The van der Waals surface area contributed by atoms with Gasteiger partial charge >= 0.3 is 0 Å². The van der Waals surface area contributed by atoms with E-state index >= 15 is 0 Å². The van der Waals surface area contributed by atoms with Crippen molar-refractivity contribution in [1.82, 2.24) is 0 Å². The molecular formula is C15H20O. The van der Waals surface area contributed by atoms with Crippen LogP contribution in [0.2, 0.25) is 0 Å². The normalized spacial score (nSPS) is 11.7. The molecule has 16 heavy (non-hydrogen) atoms. The second-order valence-corrected chi connectivity index (χ2v) is 3.89. The highest BCUT2D eigenvalue weighted by molar-refractivity contribution is 5.45. The predicted molar refractivity (Wildman–Crippen MR) is 69.9 cm³/mol.